The number of unbranched alkanes of at least 4 members (excludes halogenated alkanes) is 2. The molecular formula is C19H27N5O2. The maximum atomic E-state index is 12.4. The first-order valence-electron chi connectivity index (χ1n) is 9.12. The summed E-state index contributed by atoms with van der Waals surface area (Å²) in [6.07, 6.45) is 9.38. The van der Waals surface area contributed by atoms with Gasteiger partial charge in [-0.2, -0.15) is 0 Å². The second-order valence-electron chi connectivity index (χ2n) is 6.19. The van der Waals surface area contributed by atoms with Crippen molar-refractivity contribution in [3.63, 3.8) is 0 Å². The van der Waals surface area contributed by atoms with E-state index in [2.05, 4.69) is 27.4 Å². The molecule has 1 aromatic heterocycles. The van der Waals surface area contributed by atoms with Crippen LogP contribution >= 0.6 is 0 Å². The molecule has 0 saturated heterocycles. The number of aromatic hydroxyl groups is 1. The Kier molecular flexibility index (Phi) is 8.32. The van der Waals surface area contributed by atoms with E-state index in [1.54, 1.807) is 37.1 Å². The number of benzene rings is 1. The van der Waals surface area contributed by atoms with Crippen LogP contribution in [-0.2, 0) is 11.3 Å². The minimum atomic E-state index is -0.452. The summed E-state index contributed by atoms with van der Waals surface area (Å²) in [5.41, 5.74) is 0.614. The van der Waals surface area contributed by atoms with Crippen LogP contribution in [0.4, 0.5) is 0 Å². The zero-order valence-electron chi connectivity index (χ0n) is 15.2. The van der Waals surface area contributed by atoms with Gasteiger partial charge in [-0.1, -0.05) is 25.5 Å². The molecule has 1 aromatic carbocycles. The fourth-order valence-electron chi connectivity index (χ4n) is 2.52. The molecule has 0 spiro atoms. The molecular weight excluding hydrogens is 330 g/mol. The molecule has 0 saturated carbocycles. The molecule has 0 fully saturated rings. The van der Waals surface area contributed by atoms with Crippen LogP contribution in [0.5, 0.6) is 5.75 Å². The van der Waals surface area contributed by atoms with Crippen LogP contribution in [0.25, 0.3) is 0 Å². The molecule has 1 unspecified atom stereocenters. The molecule has 7 heteroatoms. The smallest absolute Gasteiger partial charge is 0.244 e. The molecule has 0 radical (unpaired) electrons. The first kappa shape index (κ1) is 19.6. The van der Waals surface area contributed by atoms with E-state index in [1.807, 2.05) is 10.6 Å². The van der Waals surface area contributed by atoms with E-state index >= 15 is 0 Å². The lowest BCUT2D eigenvalue weighted by atomic mass is 10.1. The highest BCUT2D eigenvalue weighted by molar-refractivity contribution is 5.88. The van der Waals surface area contributed by atoms with E-state index in [9.17, 15) is 9.90 Å². The van der Waals surface area contributed by atoms with Crippen molar-refractivity contribution in [1.29, 1.82) is 0 Å². The number of nitrogens with one attached hydrogen (secondary N) is 1. The second kappa shape index (κ2) is 11.0. The largest absolute Gasteiger partial charge is 0.507 e. The molecule has 2 aromatic rings. The summed E-state index contributed by atoms with van der Waals surface area (Å²) in [6.45, 7) is 3.57. The summed E-state index contributed by atoms with van der Waals surface area (Å²) in [4.78, 5) is 16.9. The number of nitrogens with zero attached hydrogens (tertiary/aromatic N) is 4. The Morgan fingerprint density at radius 1 is 1.27 bits per heavy atom. The van der Waals surface area contributed by atoms with Gasteiger partial charge in [0.05, 0.1) is 0 Å². The summed E-state index contributed by atoms with van der Waals surface area (Å²) in [6, 6.07) is 6.52. The maximum Gasteiger partial charge on any atom is 0.244 e. The van der Waals surface area contributed by atoms with Gasteiger partial charge in [-0.25, -0.2) is 0 Å². The van der Waals surface area contributed by atoms with Crippen LogP contribution in [0.2, 0.25) is 0 Å². The summed E-state index contributed by atoms with van der Waals surface area (Å²) in [5, 5.41) is 20.4. The molecule has 2 N–H and O–H groups in total. The van der Waals surface area contributed by atoms with Gasteiger partial charge in [0.1, 0.15) is 24.4 Å². The van der Waals surface area contributed by atoms with E-state index in [0.717, 1.165) is 32.2 Å². The average molecular weight is 357 g/mol. The van der Waals surface area contributed by atoms with Crippen LogP contribution in [0.3, 0.4) is 0 Å². The summed E-state index contributed by atoms with van der Waals surface area (Å²) in [7, 11) is 0. The van der Waals surface area contributed by atoms with Gasteiger partial charge in [0, 0.05) is 24.9 Å². The van der Waals surface area contributed by atoms with Crippen molar-refractivity contribution in [3.8, 4) is 5.75 Å². The van der Waals surface area contributed by atoms with Gasteiger partial charge >= 0.3 is 0 Å². The van der Waals surface area contributed by atoms with Crippen LogP contribution in [0.15, 0.2) is 41.9 Å². The zero-order valence-corrected chi connectivity index (χ0v) is 15.2. The highest BCUT2D eigenvalue weighted by atomic mass is 16.3. The van der Waals surface area contributed by atoms with Gasteiger partial charge in [0.25, 0.3) is 0 Å². The van der Waals surface area contributed by atoms with Crippen molar-refractivity contribution in [2.24, 2.45) is 4.99 Å². The normalized spacial score (nSPS) is 12.3. The molecule has 0 aliphatic rings. The van der Waals surface area contributed by atoms with Crippen molar-refractivity contribution >= 4 is 12.1 Å². The number of amides is 1. The quantitative estimate of drug-likeness (QED) is 0.477. The number of rotatable bonds is 11. The second-order valence-corrected chi connectivity index (χ2v) is 6.19. The topological polar surface area (TPSA) is 92.4 Å². The van der Waals surface area contributed by atoms with Gasteiger partial charge in [-0.05, 0) is 37.8 Å². The van der Waals surface area contributed by atoms with E-state index in [4.69, 9.17) is 0 Å². The highest BCUT2D eigenvalue weighted by Crippen LogP contribution is 2.14. The van der Waals surface area contributed by atoms with Crippen LogP contribution < -0.4 is 5.32 Å². The average Bonchev–Trinajstić information content (AvgIpc) is 3.16. The van der Waals surface area contributed by atoms with Crippen LogP contribution in [0.1, 0.15) is 44.6 Å². The standard InChI is InChI=1S/C19H27N5O2/c1-2-3-11-20-19(26)17(9-6-7-12-24-14-22-23-15-24)21-13-16-8-4-5-10-18(16)25/h4-5,8,10,13-15,17,25H,2-3,6-7,9,11-12H2,1H3,(H,20,26)/b21-13-. The molecule has 0 aliphatic carbocycles. The summed E-state index contributed by atoms with van der Waals surface area (Å²) < 4.78 is 1.92. The number of carbonyl (C=O) groups is 1. The highest BCUT2D eigenvalue weighted by Gasteiger charge is 2.16. The number of phenols is 1. The fourth-order valence-corrected chi connectivity index (χ4v) is 2.52. The number of hydrogen-bond donors (Lipinski definition) is 2. The molecule has 140 valence electrons. The SMILES string of the molecule is CCCCNC(=O)C(CCCCn1cnnc1)/N=C\c1ccccc1O. The molecule has 7 nitrogen and oxygen atoms in total. The van der Waals surface area contributed by atoms with Crippen molar-refractivity contribution in [3.05, 3.63) is 42.5 Å². The fraction of sp³-hybridized carbons (Fsp3) is 0.474. The Balaban J connectivity index is 1.91. The molecule has 0 aliphatic heterocycles. The molecule has 1 atom stereocenters. The van der Waals surface area contributed by atoms with E-state index in [1.165, 1.54) is 0 Å². The predicted octanol–water partition coefficient (Wildman–Crippen LogP) is 2.56. The van der Waals surface area contributed by atoms with Gasteiger partial charge in [-0.15, -0.1) is 10.2 Å². The molecule has 1 heterocycles. The van der Waals surface area contributed by atoms with Gasteiger partial charge in [0.2, 0.25) is 5.91 Å². The lowest BCUT2D eigenvalue weighted by Gasteiger charge is -2.13. The van der Waals surface area contributed by atoms with E-state index in [0.29, 0.717) is 18.5 Å². The monoisotopic (exact) mass is 357 g/mol. The Morgan fingerprint density at radius 3 is 2.77 bits per heavy atom. The lowest BCUT2D eigenvalue weighted by Crippen LogP contribution is -2.34. The first-order chi connectivity index (χ1) is 12.7. The third-order valence-corrected chi connectivity index (χ3v) is 4.07. The number of hydrogen-bond acceptors (Lipinski definition) is 5. The Morgan fingerprint density at radius 2 is 2.04 bits per heavy atom. The molecule has 2 rings (SSSR count). The first-order valence-corrected chi connectivity index (χ1v) is 9.12. The van der Waals surface area contributed by atoms with E-state index < -0.39 is 6.04 Å². The number of aryl methyl sites for hydroxylation is 1. The minimum absolute atomic E-state index is 0.0607. The minimum Gasteiger partial charge on any atom is -0.507 e. The maximum absolute atomic E-state index is 12.4. The summed E-state index contributed by atoms with van der Waals surface area (Å²) in [5.74, 6) is 0.100. The van der Waals surface area contributed by atoms with Crippen LogP contribution in [-0.4, -0.2) is 44.6 Å². The number of para-hydroxylation sites is 1. The van der Waals surface area contributed by atoms with Crippen molar-refractivity contribution in [2.75, 3.05) is 6.54 Å². The van der Waals surface area contributed by atoms with Crippen molar-refractivity contribution < 1.29 is 9.90 Å². The lowest BCUT2D eigenvalue weighted by molar-refractivity contribution is -0.122. The number of phenolic OH excluding ortho intramolecular Hbond substituents is 1. The van der Waals surface area contributed by atoms with Crippen molar-refractivity contribution in [2.45, 2.75) is 51.6 Å². The Hall–Kier alpha value is -2.70. The Labute approximate surface area is 154 Å². The molecule has 1 amide bonds. The molecule has 0 bridgehead atoms. The number of carbonyl (C=O) groups excluding carboxylic acids is 1. The van der Waals surface area contributed by atoms with Gasteiger partial charge < -0.3 is 15.0 Å². The number of aliphatic imine (C=N–C) groups is 1. The zero-order chi connectivity index (χ0) is 18.6. The third-order valence-electron chi connectivity index (χ3n) is 4.07. The third kappa shape index (κ3) is 6.66. The van der Waals surface area contributed by atoms with Gasteiger partial charge in [-0.3, -0.25) is 9.79 Å². The van der Waals surface area contributed by atoms with Crippen LogP contribution in [0, 0.1) is 0 Å². The Bertz CT molecular complexity index is 685. The predicted molar refractivity (Wildman–Crippen MR) is 101 cm³/mol. The van der Waals surface area contributed by atoms with E-state index in [-0.39, 0.29) is 11.7 Å². The summed E-state index contributed by atoms with van der Waals surface area (Å²) >= 11 is 0. The molecule has 26 heavy (non-hydrogen) atoms. The number of aromatic nitrogens is 3. The van der Waals surface area contributed by atoms with Gasteiger partial charge in [0.15, 0.2) is 0 Å². The van der Waals surface area contributed by atoms with Crippen molar-refractivity contribution in [1.82, 2.24) is 20.1 Å².